The lowest BCUT2D eigenvalue weighted by Gasteiger charge is -2.07. The van der Waals surface area contributed by atoms with Crippen molar-refractivity contribution < 1.29 is 22.8 Å². The van der Waals surface area contributed by atoms with Crippen LogP contribution in [0.2, 0.25) is 0 Å². The summed E-state index contributed by atoms with van der Waals surface area (Å²) in [5.41, 5.74) is 5.94. The second-order valence-corrected chi connectivity index (χ2v) is 8.08. The number of oxime groups is 2. The van der Waals surface area contributed by atoms with Crippen LogP contribution in [0.4, 0.5) is 13.2 Å². The molecule has 4 nitrogen and oxygen atoms in total. The molecule has 0 N–H and O–H groups in total. The molecule has 0 saturated heterocycles. The van der Waals surface area contributed by atoms with Crippen molar-refractivity contribution in [1.82, 2.24) is 0 Å². The van der Waals surface area contributed by atoms with Crippen LogP contribution in [0.3, 0.4) is 0 Å². The summed E-state index contributed by atoms with van der Waals surface area (Å²) in [6, 6.07) is 22.1. The maximum absolute atomic E-state index is 13.9. The van der Waals surface area contributed by atoms with Gasteiger partial charge in [-0.2, -0.15) is 0 Å². The minimum absolute atomic E-state index is 0.309. The van der Waals surface area contributed by atoms with E-state index in [2.05, 4.69) is 20.0 Å². The summed E-state index contributed by atoms with van der Waals surface area (Å²) in [6.45, 7) is 3.86. The Morgan fingerprint density at radius 3 is 1.62 bits per heavy atom. The molecule has 7 heteroatoms. The van der Waals surface area contributed by atoms with Crippen LogP contribution in [0.25, 0.3) is 22.3 Å². The van der Waals surface area contributed by atoms with E-state index >= 15 is 0 Å². The lowest BCUT2D eigenvalue weighted by Crippen LogP contribution is -1.92. The fourth-order valence-corrected chi connectivity index (χ4v) is 3.62. The molecule has 0 aliphatic heterocycles. The first-order valence-electron chi connectivity index (χ1n) is 11.4. The van der Waals surface area contributed by atoms with Gasteiger partial charge in [-0.25, -0.2) is 13.2 Å². The SMILES string of the molecule is CO/N=C/c1ccc(-c2cc(F)ccc2C)cc1F.CO/N=C/c1ccc(-c2ccccc2C)cc1F. The van der Waals surface area contributed by atoms with Gasteiger partial charge in [-0.15, -0.1) is 0 Å². The highest BCUT2D eigenvalue weighted by Gasteiger charge is 2.08. The zero-order valence-electron chi connectivity index (χ0n) is 21.0. The third kappa shape index (κ3) is 7.30. The summed E-state index contributed by atoms with van der Waals surface area (Å²) < 4.78 is 40.9. The molecule has 4 aromatic rings. The van der Waals surface area contributed by atoms with Crippen molar-refractivity contribution in [2.45, 2.75) is 13.8 Å². The minimum Gasteiger partial charge on any atom is -0.399 e. The Hall–Kier alpha value is -4.39. The summed E-state index contributed by atoms with van der Waals surface area (Å²) in [5, 5.41) is 7.07. The predicted molar refractivity (Wildman–Crippen MR) is 142 cm³/mol. The van der Waals surface area contributed by atoms with Crippen molar-refractivity contribution in [2.24, 2.45) is 10.3 Å². The molecule has 0 fully saturated rings. The van der Waals surface area contributed by atoms with Crippen LogP contribution in [0.1, 0.15) is 22.3 Å². The van der Waals surface area contributed by atoms with Gasteiger partial charge >= 0.3 is 0 Å². The second kappa shape index (κ2) is 13.1. The molecule has 0 saturated carbocycles. The van der Waals surface area contributed by atoms with Gasteiger partial charge in [0, 0.05) is 11.1 Å². The Balaban J connectivity index is 0.000000206. The van der Waals surface area contributed by atoms with Gasteiger partial charge in [0.05, 0.1) is 12.4 Å². The van der Waals surface area contributed by atoms with Crippen LogP contribution < -0.4 is 0 Å². The minimum atomic E-state index is -0.429. The Bertz CT molecular complexity index is 1420. The average Bonchev–Trinajstić information content (AvgIpc) is 2.89. The molecule has 0 radical (unpaired) electrons. The van der Waals surface area contributed by atoms with Crippen molar-refractivity contribution >= 4 is 12.4 Å². The topological polar surface area (TPSA) is 43.2 Å². The average molecular weight is 505 g/mol. The zero-order valence-corrected chi connectivity index (χ0v) is 21.0. The molecule has 4 rings (SSSR count). The van der Waals surface area contributed by atoms with Gasteiger partial charge in [-0.1, -0.05) is 52.8 Å². The van der Waals surface area contributed by atoms with Crippen molar-refractivity contribution in [3.05, 3.63) is 119 Å². The van der Waals surface area contributed by atoms with E-state index in [1.807, 2.05) is 44.2 Å². The standard InChI is InChI=1S/C15H13F2NO.C15H14FNO/c1-10-3-6-13(16)8-14(10)11-4-5-12(9-18-19-2)15(17)7-11;1-11-5-3-4-6-14(11)12-7-8-13(10-17-18-2)15(16)9-12/h3-9H,1-2H3;3-10H,1-2H3/b18-9+;17-10+. The third-order valence-electron chi connectivity index (χ3n) is 5.56. The number of aryl methyl sites for hydroxylation is 2. The molecule has 0 aliphatic rings. The predicted octanol–water partition coefficient (Wildman–Crippen LogP) is 7.70. The van der Waals surface area contributed by atoms with Gasteiger partial charge in [-0.3, -0.25) is 0 Å². The molecule has 0 spiro atoms. The number of benzene rings is 4. The van der Waals surface area contributed by atoms with Gasteiger partial charge in [0.2, 0.25) is 0 Å². The fraction of sp³-hybridized carbons (Fsp3) is 0.133. The van der Waals surface area contributed by atoms with Crippen LogP contribution in [0.15, 0.2) is 89.2 Å². The van der Waals surface area contributed by atoms with Crippen LogP contribution in [-0.4, -0.2) is 26.6 Å². The van der Waals surface area contributed by atoms with E-state index in [4.69, 9.17) is 0 Å². The molecule has 0 heterocycles. The molecule has 190 valence electrons. The molecule has 0 bridgehead atoms. The first-order valence-corrected chi connectivity index (χ1v) is 11.4. The number of nitrogens with zero attached hydrogens (tertiary/aromatic N) is 2. The molecule has 0 amide bonds. The number of rotatable bonds is 6. The van der Waals surface area contributed by atoms with Gasteiger partial charge in [0.1, 0.15) is 31.7 Å². The van der Waals surface area contributed by atoms with Gasteiger partial charge in [-0.05, 0) is 83.6 Å². The summed E-state index contributed by atoms with van der Waals surface area (Å²) in [6.07, 6.45) is 2.65. The van der Waals surface area contributed by atoms with E-state index < -0.39 is 5.82 Å². The quantitative estimate of drug-likeness (QED) is 0.199. The van der Waals surface area contributed by atoms with Crippen LogP contribution >= 0.6 is 0 Å². The van der Waals surface area contributed by atoms with E-state index in [1.165, 1.54) is 50.9 Å². The van der Waals surface area contributed by atoms with E-state index in [1.54, 1.807) is 24.3 Å². The fourth-order valence-electron chi connectivity index (χ4n) is 3.62. The lowest BCUT2D eigenvalue weighted by molar-refractivity contribution is 0.215. The summed E-state index contributed by atoms with van der Waals surface area (Å²) in [4.78, 5) is 9.04. The Morgan fingerprint density at radius 1 is 0.595 bits per heavy atom. The first-order chi connectivity index (χ1) is 17.8. The summed E-state index contributed by atoms with van der Waals surface area (Å²) in [5.74, 6) is -1.08. The van der Waals surface area contributed by atoms with Crippen molar-refractivity contribution in [3.63, 3.8) is 0 Å². The van der Waals surface area contributed by atoms with Crippen LogP contribution in [-0.2, 0) is 9.68 Å². The maximum Gasteiger partial charge on any atom is 0.132 e. The molecule has 0 aliphatic carbocycles. The molecule has 4 aromatic carbocycles. The van der Waals surface area contributed by atoms with Crippen molar-refractivity contribution in [2.75, 3.05) is 14.2 Å². The molecule has 0 atom stereocenters. The van der Waals surface area contributed by atoms with Crippen LogP contribution in [0.5, 0.6) is 0 Å². The molecular formula is C30H27F3N2O2. The highest BCUT2D eigenvalue weighted by Crippen LogP contribution is 2.26. The van der Waals surface area contributed by atoms with Gasteiger partial charge in [0.15, 0.2) is 0 Å². The van der Waals surface area contributed by atoms with Gasteiger partial charge < -0.3 is 9.68 Å². The molecular weight excluding hydrogens is 477 g/mol. The summed E-state index contributed by atoms with van der Waals surface area (Å²) >= 11 is 0. The van der Waals surface area contributed by atoms with Crippen LogP contribution in [0, 0.1) is 31.3 Å². The highest BCUT2D eigenvalue weighted by molar-refractivity contribution is 5.82. The largest absolute Gasteiger partial charge is 0.399 e. The highest BCUT2D eigenvalue weighted by atomic mass is 19.1. The van der Waals surface area contributed by atoms with Gasteiger partial charge in [0.25, 0.3) is 0 Å². The normalized spacial score (nSPS) is 10.9. The second-order valence-electron chi connectivity index (χ2n) is 8.08. The Morgan fingerprint density at radius 2 is 1.11 bits per heavy atom. The van der Waals surface area contributed by atoms with E-state index in [-0.39, 0.29) is 11.6 Å². The van der Waals surface area contributed by atoms with Crippen molar-refractivity contribution in [3.8, 4) is 22.3 Å². The Labute approximate surface area is 214 Å². The van der Waals surface area contributed by atoms with Crippen molar-refractivity contribution in [1.29, 1.82) is 0 Å². The monoisotopic (exact) mass is 504 g/mol. The zero-order chi connectivity index (χ0) is 26.8. The smallest absolute Gasteiger partial charge is 0.132 e. The lowest BCUT2D eigenvalue weighted by atomic mass is 9.99. The third-order valence-corrected chi connectivity index (χ3v) is 5.56. The maximum atomic E-state index is 13.9. The number of hydrogen-bond acceptors (Lipinski definition) is 4. The molecule has 0 unspecified atom stereocenters. The molecule has 37 heavy (non-hydrogen) atoms. The number of hydrogen-bond donors (Lipinski definition) is 0. The number of halogens is 3. The van der Waals surface area contributed by atoms with E-state index in [9.17, 15) is 13.2 Å². The molecule has 0 aromatic heterocycles. The summed E-state index contributed by atoms with van der Waals surface area (Å²) in [7, 11) is 2.81. The van der Waals surface area contributed by atoms with E-state index in [0.29, 0.717) is 22.3 Å². The first kappa shape index (κ1) is 27.2. The van der Waals surface area contributed by atoms with E-state index in [0.717, 1.165) is 22.3 Å². The Kier molecular flexibility index (Phi) is 9.61.